The maximum absolute atomic E-state index is 12.3. The Morgan fingerprint density at radius 1 is 0.529 bits per heavy atom. The van der Waals surface area contributed by atoms with E-state index in [1.54, 1.807) is 0 Å². The summed E-state index contributed by atoms with van der Waals surface area (Å²) in [5, 5.41) is 11.2. The summed E-state index contributed by atoms with van der Waals surface area (Å²) in [4.78, 5) is 60.5. The molecule has 0 saturated heterocycles. The first kappa shape index (κ1) is 31.6. The highest BCUT2D eigenvalue weighted by molar-refractivity contribution is 5.84. The van der Waals surface area contributed by atoms with Gasteiger partial charge in [-0.1, -0.05) is 20.8 Å². The van der Waals surface area contributed by atoms with Gasteiger partial charge < -0.3 is 21.3 Å². The molecule has 0 fully saturated rings. The van der Waals surface area contributed by atoms with Crippen molar-refractivity contribution in [3.8, 4) is 0 Å². The van der Waals surface area contributed by atoms with Crippen LogP contribution < -0.4 is 21.3 Å². The first-order valence-corrected chi connectivity index (χ1v) is 12.7. The molecule has 196 valence electrons. The van der Waals surface area contributed by atoms with E-state index in [-0.39, 0.29) is 61.6 Å². The average molecular weight is 483 g/mol. The number of carbonyl (C=O) groups is 5. The Labute approximate surface area is 205 Å². The molecule has 0 aromatic rings. The van der Waals surface area contributed by atoms with Crippen LogP contribution in [0.2, 0.25) is 0 Å². The van der Waals surface area contributed by atoms with E-state index < -0.39 is 5.41 Å². The fourth-order valence-corrected chi connectivity index (χ4v) is 3.63. The summed E-state index contributed by atoms with van der Waals surface area (Å²) in [6, 6.07) is 0. The number of rotatable bonds is 20. The van der Waals surface area contributed by atoms with Gasteiger partial charge in [-0.05, 0) is 57.3 Å². The van der Waals surface area contributed by atoms with Crippen molar-refractivity contribution >= 4 is 29.4 Å². The molecule has 0 unspecified atom stereocenters. The molecule has 0 aliphatic heterocycles. The summed E-state index contributed by atoms with van der Waals surface area (Å²) >= 11 is 0. The zero-order valence-electron chi connectivity index (χ0n) is 21.6. The van der Waals surface area contributed by atoms with Crippen LogP contribution in [0.4, 0.5) is 0 Å². The lowest BCUT2D eigenvalue weighted by Crippen LogP contribution is -2.34. The van der Waals surface area contributed by atoms with Crippen molar-refractivity contribution in [3.63, 3.8) is 0 Å². The summed E-state index contributed by atoms with van der Waals surface area (Å²) < 4.78 is 0. The molecule has 0 saturated carbocycles. The molecule has 0 aliphatic rings. The molecule has 0 aromatic heterocycles. The summed E-state index contributed by atoms with van der Waals surface area (Å²) in [6.45, 7) is 9.11. The second-order valence-corrected chi connectivity index (χ2v) is 9.03. The summed E-state index contributed by atoms with van der Waals surface area (Å²) in [7, 11) is 0. The number of amides is 4. The van der Waals surface area contributed by atoms with Gasteiger partial charge in [0.1, 0.15) is 5.78 Å². The second kappa shape index (κ2) is 18.9. The van der Waals surface area contributed by atoms with Crippen molar-refractivity contribution in [3.05, 3.63) is 0 Å². The number of nitrogens with one attached hydrogen (secondary N) is 4. The molecule has 0 atom stereocenters. The van der Waals surface area contributed by atoms with Crippen molar-refractivity contribution in [1.82, 2.24) is 21.3 Å². The van der Waals surface area contributed by atoms with Crippen LogP contribution in [0.15, 0.2) is 0 Å². The molecule has 0 rings (SSSR count). The van der Waals surface area contributed by atoms with Gasteiger partial charge in [0.15, 0.2) is 0 Å². The van der Waals surface area contributed by atoms with Crippen LogP contribution in [0.1, 0.15) is 98.3 Å². The Kier molecular flexibility index (Phi) is 17.6. The second-order valence-electron chi connectivity index (χ2n) is 9.03. The largest absolute Gasteiger partial charge is 0.356 e. The standard InChI is InChI=1S/C25H46N4O5/c1-5-16-26-21(31)8-12-25(13-9-22(32)27-17-6-2,14-10-23(33)28-18-7-3)15-11-24(34)29-19-20(4)30/h5-19H2,1-4H3,(H,26,31)(H,27,32)(H,28,33)(H,29,34). The van der Waals surface area contributed by atoms with Crippen LogP contribution >= 0.6 is 0 Å². The van der Waals surface area contributed by atoms with Crippen LogP contribution in [0.3, 0.4) is 0 Å². The normalized spacial score (nSPS) is 10.9. The Morgan fingerprint density at radius 2 is 0.824 bits per heavy atom. The maximum atomic E-state index is 12.3. The lowest BCUT2D eigenvalue weighted by molar-refractivity contribution is -0.125. The monoisotopic (exact) mass is 482 g/mol. The molecular formula is C25H46N4O5. The Bertz CT molecular complexity index is 591. The van der Waals surface area contributed by atoms with Gasteiger partial charge in [-0.15, -0.1) is 0 Å². The van der Waals surface area contributed by atoms with E-state index in [9.17, 15) is 24.0 Å². The van der Waals surface area contributed by atoms with E-state index in [4.69, 9.17) is 0 Å². The zero-order valence-corrected chi connectivity index (χ0v) is 21.6. The third-order valence-corrected chi connectivity index (χ3v) is 5.78. The number of hydrogen-bond donors (Lipinski definition) is 4. The fourth-order valence-electron chi connectivity index (χ4n) is 3.63. The van der Waals surface area contributed by atoms with Crippen molar-refractivity contribution < 1.29 is 24.0 Å². The minimum atomic E-state index is -0.524. The average Bonchev–Trinajstić information content (AvgIpc) is 2.82. The van der Waals surface area contributed by atoms with E-state index in [0.29, 0.717) is 45.3 Å². The molecular weight excluding hydrogens is 436 g/mol. The van der Waals surface area contributed by atoms with Gasteiger partial charge in [0, 0.05) is 45.3 Å². The third kappa shape index (κ3) is 16.2. The van der Waals surface area contributed by atoms with Crippen LogP contribution in [0, 0.1) is 5.41 Å². The van der Waals surface area contributed by atoms with Gasteiger partial charge in [0.05, 0.1) is 6.54 Å². The first-order chi connectivity index (χ1) is 16.2. The van der Waals surface area contributed by atoms with Crippen molar-refractivity contribution in [2.24, 2.45) is 5.41 Å². The van der Waals surface area contributed by atoms with E-state index >= 15 is 0 Å². The number of hydrogen-bond acceptors (Lipinski definition) is 5. The van der Waals surface area contributed by atoms with Gasteiger partial charge in [-0.25, -0.2) is 0 Å². The SMILES string of the molecule is CCCNC(=O)CCC(CCC(=O)NCCC)(CCC(=O)NCCC)CCC(=O)NCC(C)=O. The lowest BCUT2D eigenvalue weighted by Gasteiger charge is -2.34. The Morgan fingerprint density at radius 3 is 1.09 bits per heavy atom. The molecule has 0 aliphatic carbocycles. The summed E-state index contributed by atoms with van der Waals surface area (Å²) in [5.41, 5.74) is -0.524. The highest BCUT2D eigenvalue weighted by Gasteiger charge is 2.32. The minimum absolute atomic E-state index is 0.0237. The van der Waals surface area contributed by atoms with Crippen molar-refractivity contribution in [1.29, 1.82) is 0 Å². The van der Waals surface area contributed by atoms with Crippen molar-refractivity contribution in [2.75, 3.05) is 26.2 Å². The predicted octanol–water partition coefficient (Wildman–Crippen LogP) is 2.38. The highest BCUT2D eigenvalue weighted by Crippen LogP contribution is 2.40. The molecule has 0 heterocycles. The first-order valence-electron chi connectivity index (χ1n) is 12.7. The number of carbonyl (C=O) groups excluding carboxylic acids is 5. The fraction of sp³-hybridized carbons (Fsp3) is 0.800. The van der Waals surface area contributed by atoms with Crippen LogP contribution in [-0.2, 0) is 24.0 Å². The molecule has 4 N–H and O–H groups in total. The van der Waals surface area contributed by atoms with E-state index in [0.717, 1.165) is 19.3 Å². The molecule has 34 heavy (non-hydrogen) atoms. The van der Waals surface area contributed by atoms with Crippen LogP contribution in [0.25, 0.3) is 0 Å². The van der Waals surface area contributed by atoms with Crippen LogP contribution in [-0.4, -0.2) is 55.6 Å². The summed E-state index contributed by atoms with van der Waals surface area (Å²) in [6.07, 6.45) is 5.33. The van der Waals surface area contributed by atoms with Gasteiger partial charge in [0.2, 0.25) is 23.6 Å². The van der Waals surface area contributed by atoms with E-state index in [1.807, 2.05) is 20.8 Å². The quantitative estimate of drug-likeness (QED) is 0.211. The van der Waals surface area contributed by atoms with Crippen LogP contribution in [0.5, 0.6) is 0 Å². The van der Waals surface area contributed by atoms with E-state index in [1.165, 1.54) is 6.92 Å². The minimum Gasteiger partial charge on any atom is -0.356 e. The predicted molar refractivity (Wildman–Crippen MR) is 133 cm³/mol. The lowest BCUT2D eigenvalue weighted by atomic mass is 9.71. The van der Waals surface area contributed by atoms with Gasteiger partial charge >= 0.3 is 0 Å². The molecule has 9 nitrogen and oxygen atoms in total. The molecule has 0 aromatic carbocycles. The maximum Gasteiger partial charge on any atom is 0.220 e. The number of ketones is 1. The molecule has 0 spiro atoms. The smallest absolute Gasteiger partial charge is 0.220 e. The Hall–Kier alpha value is -2.45. The van der Waals surface area contributed by atoms with Gasteiger partial charge in [0.25, 0.3) is 0 Å². The third-order valence-electron chi connectivity index (χ3n) is 5.78. The zero-order chi connectivity index (χ0) is 25.8. The van der Waals surface area contributed by atoms with E-state index in [2.05, 4.69) is 21.3 Å². The Balaban J connectivity index is 5.47. The van der Waals surface area contributed by atoms with Crippen molar-refractivity contribution in [2.45, 2.75) is 98.3 Å². The highest BCUT2D eigenvalue weighted by atomic mass is 16.2. The molecule has 0 radical (unpaired) electrons. The topological polar surface area (TPSA) is 133 Å². The van der Waals surface area contributed by atoms with Gasteiger partial charge in [-0.3, -0.25) is 24.0 Å². The molecule has 9 heteroatoms. The molecule has 0 bridgehead atoms. The summed E-state index contributed by atoms with van der Waals surface area (Å²) in [5.74, 6) is -0.595. The number of Topliss-reactive ketones (excluding diaryl/α,β-unsaturated/α-hetero) is 1. The van der Waals surface area contributed by atoms with Gasteiger partial charge in [-0.2, -0.15) is 0 Å². The molecule has 4 amide bonds.